The molecule has 16 heavy (non-hydrogen) atoms. The van der Waals surface area contributed by atoms with Crippen molar-refractivity contribution in [2.45, 2.75) is 0 Å². The number of hydrogen-bond donors (Lipinski definition) is 0. The van der Waals surface area contributed by atoms with Crippen LogP contribution >= 0.6 is 0 Å². The molecule has 2 aromatic rings. The van der Waals surface area contributed by atoms with Gasteiger partial charge in [-0.3, -0.25) is 14.6 Å². The summed E-state index contributed by atoms with van der Waals surface area (Å²) >= 11 is 0. The highest BCUT2D eigenvalue weighted by atomic mass is 16.5. The number of carbonyl (C=O) groups is 2. The molecule has 0 fully saturated rings. The van der Waals surface area contributed by atoms with Gasteiger partial charge in [-0.1, -0.05) is 18.2 Å². The predicted octanol–water partition coefficient (Wildman–Crippen LogP) is 1.38. The predicted molar refractivity (Wildman–Crippen MR) is 58.3 cm³/mol. The molecule has 0 aliphatic carbocycles. The summed E-state index contributed by atoms with van der Waals surface area (Å²) in [6.45, 7) is -0.251. The third-order valence-corrected chi connectivity index (χ3v) is 2.10. The van der Waals surface area contributed by atoms with Gasteiger partial charge in [0.1, 0.15) is 11.3 Å². The van der Waals surface area contributed by atoms with Gasteiger partial charge in [0, 0.05) is 11.6 Å². The number of fused-ring (bicyclic) bond motifs is 1. The number of pyridine rings is 1. The normalized spacial score (nSPS) is 10.0. The van der Waals surface area contributed by atoms with Gasteiger partial charge in [0.25, 0.3) is 0 Å². The van der Waals surface area contributed by atoms with Gasteiger partial charge in [-0.15, -0.1) is 0 Å². The number of aldehydes is 1. The molecule has 0 radical (unpaired) electrons. The third-order valence-electron chi connectivity index (χ3n) is 2.10. The number of carbonyl (C=O) groups excluding carboxylic acids is 2. The first-order valence-electron chi connectivity index (χ1n) is 4.76. The van der Waals surface area contributed by atoms with Crippen LogP contribution in [0.2, 0.25) is 0 Å². The fraction of sp³-hybridized carbons (Fsp3) is 0.0833. The van der Waals surface area contributed by atoms with Crippen LogP contribution in [0.25, 0.3) is 10.9 Å². The highest BCUT2D eigenvalue weighted by Gasteiger charge is 2.05. The standard InChI is InChI=1S/C12H9NO3/c14-7-10(15)8-16-11-5-1-3-9-4-2-6-13-12(9)11/h1-7H,8H2. The van der Waals surface area contributed by atoms with E-state index in [1.165, 1.54) is 0 Å². The SMILES string of the molecule is O=CC(=O)COc1cccc2cccnc12. The van der Waals surface area contributed by atoms with Crippen LogP contribution in [0.1, 0.15) is 0 Å². The fourth-order valence-corrected chi connectivity index (χ4v) is 1.38. The Hall–Kier alpha value is -2.23. The second-order valence-electron chi connectivity index (χ2n) is 3.20. The number of rotatable bonds is 4. The number of hydrogen-bond acceptors (Lipinski definition) is 4. The quantitative estimate of drug-likeness (QED) is 0.571. The molecule has 0 bridgehead atoms. The molecular formula is C12H9NO3. The van der Waals surface area contributed by atoms with Crippen molar-refractivity contribution in [3.63, 3.8) is 0 Å². The zero-order valence-corrected chi connectivity index (χ0v) is 8.42. The minimum Gasteiger partial charge on any atom is -0.483 e. The van der Waals surface area contributed by atoms with Crippen molar-refractivity contribution in [1.29, 1.82) is 0 Å². The van der Waals surface area contributed by atoms with Gasteiger partial charge in [-0.2, -0.15) is 0 Å². The lowest BCUT2D eigenvalue weighted by Gasteiger charge is -2.05. The van der Waals surface area contributed by atoms with Crippen molar-refractivity contribution in [3.05, 3.63) is 36.5 Å². The van der Waals surface area contributed by atoms with E-state index in [1.807, 2.05) is 24.3 Å². The Morgan fingerprint density at radius 1 is 1.31 bits per heavy atom. The second kappa shape index (κ2) is 4.53. The van der Waals surface area contributed by atoms with E-state index in [-0.39, 0.29) is 12.9 Å². The van der Waals surface area contributed by atoms with E-state index in [4.69, 9.17) is 4.74 Å². The number of Topliss-reactive ketones (excluding diaryl/α,β-unsaturated/α-hetero) is 1. The summed E-state index contributed by atoms with van der Waals surface area (Å²) < 4.78 is 5.23. The number of aromatic nitrogens is 1. The number of nitrogens with zero attached hydrogens (tertiary/aromatic N) is 1. The monoisotopic (exact) mass is 215 g/mol. The highest BCUT2D eigenvalue weighted by molar-refractivity contribution is 6.25. The number of para-hydroxylation sites is 1. The van der Waals surface area contributed by atoms with E-state index in [1.54, 1.807) is 12.3 Å². The highest BCUT2D eigenvalue weighted by Crippen LogP contribution is 2.22. The lowest BCUT2D eigenvalue weighted by Crippen LogP contribution is -2.12. The third kappa shape index (κ3) is 2.06. The van der Waals surface area contributed by atoms with Gasteiger partial charge in [0.05, 0.1) is 0 Å². The minimum absolute atomic E-state index is 0.249. The summed E-state index contributed by atoms with van der Waals surface area (Å²) in [6.07, 6.45) is 1.90. The maximum Gasteiger partial charge on any atom is 0.232 e. The molecule has 0 aliphatic heterocycles. The Balaban J connectivity index is 2.30. The van der Waals surface area contributed by atoms with Crippen LogP contribution < -0.4 is 4.74 Å². The molecule has 0 spiro atoms. The Morgan fingerprint density at radius 2 is 2.12 bits per heavy atom. The topological polar surface area (TPSA) is 56.3 Å². The lowest BCUT2D eigenvalue weighted by molar-refractivity contribution is -0.131. The summed E-state index contributed by atoms with van der Waals surface area (Å²) in [6, 6.07) is 9.15. The summed E-state index contributed by atoms with van der Waals surface area (Å²) in [4.78, 5) is 25.1. The first-order chi connectivity index (χ1) is 7.81. The Morgan fingerprint density at radius 3 is 2.94 bits per heavy atom. The van der Waals surface area contributed by atoms with Crippen molar-refractivity contribution >= 4 is 23.0 Å². The van der Waals surface area contributed by atoms with E-state index in [0.717, 1.165) is 5.39 Å². The van der Waals surface area contributed by atoms with Gasteiger partial charge in [-0.05, 0) is 12.1 Å². The van der Waals surface area contributed by atoms with Gasteiger partial charge in [-0.25, -0.2) is 0 Å². The van der Waals surface area contributed by atoms with Gasteiger partial charge < -0.3 is 4.74 Å². The summed E-state index contributed by atoms with van der Waals surface area (Å²) in [7, 11) is 0. The fourth-order valence-electron chi connectivity index (χ4n) is 1.38. The zero-order chi connectivity index (χ0) is 11.4. The number of benzene rings is 1. The number of ketones is 1. The van der Waals surface area contributed by atoms with Crippen LogP contribution in [-0.2, 0) is 9.59 Å². The molecule has 0 atom stereocenters. The Labute approximate surface area is 91.9 Å². The van der Waals surface area contributed by atoms with Crippen molar-refractivity contribution in [2.24, 2.45) is 0 Å². The van der Waals surface area contributed by atoms with Crippen LogP contribution in [-0.4, -0.2) is 23.7 Å². The molecule has 0 aliphatic rings. The van der Waals surface area contributed by atoms with Crippen molar-refractivity contribution < 1.29 is 14.3 Å². The van der Waals surface area contributed by atoms with Crippen molar-refractivity contribution in [3.8, 4) is 5.75 Å². The molecule has 2 rings (SSSR count). The van der Waals surface area contributed by atoms with Crippen molar-refractivity contribution in [2.75, 3.05) is 6.61 Å². The second-order valence-corrected chi connectivity index (χ2v) is 3.20. The maximum atomic E-state index is 10.8. The van der Waals surface area contributed by atoms with Crippen molar-refractivity contribution in [1.82, 2.24) is 4.98 Å². The Kier molecular flexibility index (Phi) is 2.91. The summed E-state index contributed by atoms with van der Waals surface area (Å²) in [5.41, 5.74) is 0.684. The first kappa shape index (κ1) is 10.3. The molecule has 0 saturated carbocycles. The van der Waals surface area contributed by atoms with E-state index in [2.05, 4.69) is 4.98 Å². The molecule has 4 nitrogen and oxygen atoms in total. The van der Waals surface area contributed by atoms with Gasteiger partial charge in [0.15, 0.2) is 12.9 Å². The van der Waals surface area contributed by atoms with E-state index in [9.17, 15) is 9.59 Å². The molecule has 1 aromatic heterocycles. The average Bonchev–Trinajstić information content (AvgIpc) is 2.35. The van der Waals surface area contributed by atoms with Crippen LogP contribution in [0.5, 0.6) is 5.75 Å². The summed E-state index contributed by atoms with van der Waals surface area (Å²) in [5.74, 6) is -0.0822. The minimum atomic E-state index is -0.590. The van der Waals surface area contributed by atoms with E-state index < -0.39 is 5.78 Å². The molecule has 80 valence electrons. The molecule has 0 unspecified atom stereocenters. The Bertz CT molecular complexity index is 531. The van der Waals surface area contributed by atoms with Gasteiger partial charge >= 0.3 is 0 Å². The molecule has 4 heteroatoms. The smallest absolute Gasteiger partial charge is 0.232 e. The van der Waals surface area contributed by atoms with Crippen LogP contribution in [0.3, 0.4) is 0 Å². The number of ether oxygens (including phenoxy) is 1. The van der Waals surface area contributed by atoms with Crippen LogP contribution in [0, 0.1) is 0 Å². The molecule has 0 N–H and O–H groups in total. The van der Waals surface area contributed by atoms with Crippen LogP contribution in [0.15, 0.2) is 36.5 Å². The lowest BCUT2D eigenvalue weighted by atomic mass is 10.2. The van der Waals surface area contributed by atoms with Gasteiger partial charge in [0.2, 0.25) is 5.78 Å². The maximum absolute atomic E-state index is 10.8. The first-order valence-corrected chi connectivity index (χ1v) is 4.76. The van der Waals surface area contributed by atoms with E-state index in [0.29, 0.717) is 11.3 Å². The zero-order valence-electron chi connectivity index (χ0n) is 8.42. The molecule has 0 saturated heterocycles. The summed E-state index contributed by atoms with van der Waals surface area (Å²) in [5, 5.41) is 0.929. The molecule has 1 aromatic carbocycles. The molecule has 1 heterocycles. The average molecular weight is 215 g/mol. The molecule has 0 amide bonds. The largest absolute Gasteiger partial charge is 0.483 e. The van der Waals surface area contributed by atoms with E-state index >= 15 is 0 Å². The van der Waals surface area contributed by atoms with Crippen LogP contribution in [0.4, 0.5) is 0 Å². The molecular weight excluding hydrogens is 206 g/mol.